The molecule has 0 aromatic carbocycles. The fraction of sp³-hybridized carbons (Fsp3) is 0.773. The van der Waals surface area contributed by atoms with E-state index >= 15 is 0 Å². The summed E-state index contributed by atoms with van der Waals surface area (Å²) in [5.74, 6) is 1.96. The number of allylic oxidation sites excluding steroid dienone is 4. The zero-order valence-electron chi connectivity index (χ0n) is 17.5. The van der Waals surface area contributed by atoms with Crippen molar-refractivity contribution in [2.75, 3.05) is 20.3 Å². The van der Waals surface area contributed by atoms with Crippen LogP contribution < -0.4 is 16.7 Å². The maximum atomic E-state index is 13.5. The summed E-state index contributed by atoms with van der Waals surface area (Å²) in [6, 6.07) is 0. The molecule has 6 heteroatoms. The van der Waals surface area contributed by atoms with E-state index in [-0.39, 0.29) is 5.78 Å². The molecule has 4 rings (SSSR count). The molecule has 0 aliphatic heterocycles. The van der Waals surface area contributed by atoms with Crippen LogP contribution in [-0.4, -0.2) is 26.0 Å². The molecule has 0 amide bonds. The quantitative estimate of drug-likeness (QED) is 0.478. The molecule has 28 heavy (non-hydrogen) atoms. The van der Waals surface area contributed by atoms with Gasteiger partial charge in [0, 0.05) is 24.4 Å². The van der Waals surface area contributed by atoms with Gasteiger partial charge in [0.1, 0.15) is 5.78 Å². The first-order valence-corrected chi connectivity index (χ1v) is 10.8. The van der Waals surface area contributed by atoms with Crippen molar-refractivity contribution in [1.29, 1.82) is 0 Å². The Kier molecular flexibility index (Phi) is 5.31. The molecule has 2 saturated carbocycles. The van der Waals surface area contributed by atoms with Gasteiger partial charge in [0.2, 0.25) is 0 Å². The van der Waals surface area contributed by atoms with Gasteiger partial charge in [-0.3, -0.25) is 25.4 Å². The first kappa shape index (κ1) is 19.9. The fourth-order valence-electron chi connectivity index (χ4n) is 6.80. The summed E-state index contributed by atoms with van der Waals surface area (Å²) in [5.41, 5.74) is 14.5. The van der Waals surface area contributed by atoms with Crippen molar-refractivity contribution in [2.45, 2.75) is 58.8 Å². The lowest BCUT2D eigenvalue weighted by atomic mass is 9.48. The Morgan fingerprint density at radius 2 is 2.04 bits per heavy atom. The number of ketones is 1. The van der Waals surface area contributed by atoms with Crippen LogP contribution >= 0.6 is 0 Å². The smallest absolute Gasteiger partial charge is 0.149 e. The van der Waals surface area contributed by atoms with Crippen LogP contribution in [0.15, 0.2) is 23.0 Å². The summed E-state index contributed by atoms with van der Waals surface area (Å²) in [7, 11) is 1.65. The summed E-state index contributed by atoms with van der Waals surface area (Å²) in [6.45, 7) is 5.50. The van der Waals surface area contributed by atoms with E-state index in [9.17, 15) is 4.79 Å². The van der Waals surface area contributed by atoms with E-state index in [2.05, 4.69) is 30.9 Å². The van der Waals surface area contributed by atoms with Gasteiger partial charge in [-0.05, 0) is 73.8 Å². The van der Waals surface area contributed by atoms with Gasteiger partial charge in [-0.1, -0.05) is 13.3 Å². The van der Waals surface area contributed by atoms with Crippen molar-refractivity contribution in [3.63, 3.8) is 0 Å². The van der Waals surface area contributed by atoms with Crippen molar-refractivity contribution < 1.29 is 14.5 Å². The second-order valence-electron chi connectivity index (χ2n) is 9.58. The van der Waals surface area contributed by atoms with Crippen LogP contribution in [0.25, 0.3) is 0 Å². The molecule has 3 unspecified atom stereocenters. The summed E-state index contributed by atoms with van der Waals surface area (Å²) in [4.78, 5) is 24.2. The molecule has 0 spiro atoms. The summed E-state index contributed by atoms with van der Waals surface area (Å²) in [5, 5.41) is 0. The minimum absolute atomic E-state index is 0.288. The van der Waals surface area contributed by atoms with Crippen LogP contribution in [-0.2, 0) is 14.5 Å². The van der Waals surface area contributed by atoms with E-state index in [1.807, 2.05) is 0 Å². The van der Waals surface area contributed by atoms with Gasteiger partial charge in [0.15, 0.2) is 0 Å². The summed E-state index contributed by atoms with van der Waals surface area (Å²) in [6.07, 6.45) is 9.80. The molecule has 4 aliphatic carbocycles. The van der Waals surface area contributed by atoms with E-state index in [1.54, 1.807) is 7.11 Å². The molecule has 0 radical (unpaired) electrons. The predicted octanol–water partition coefficient (Wildman–Crippen LogP) is 2.97. The fourth-order valence-corrected chi connectivity index (χ4v) is 6.80. The standard InChI is InChI=1S/C22H35N3O3/c1-21-7-4-5-16(21)15-13-19(25-27-3)18-11-14(24-28-10-9-23)12-20(26)22(18,2)17(15)6-8-21/h11,15-17,24-25H,4-10,12-13,23H2,1-3H3/t15?,16?,17?,21-,22+/m0/s1. The van der Waals surface area contributed by atoms with Gasteiger partial charge in [0.05, 0.1) is 19.1 Å². The number of hydroxylamine groups is 2. The van der Waals surface area contributed by atoms with Crippen molar-refractivity contribution in [3.05, 3.63) is 23.0 Å². The molecule has 0 saturated heterocycles. The molecule has 156 valence electrons. The van der Waals surface area contributed by atoms with Crippen molar-refractivity contribution in [3.8, 4) is 0 Å². The largest absolute Gasteiger partial charge is 0.328 e. The van der Waals surface area contributed by atoms with Gasteiger partial charge in [0.25, 0.3) is 0 Å². The van der Waals surface area contributed by atoms with E-state index in [4.69, 9.17) is 15.4 Å². The lowest BCUT2D eigenvalue weighted by molar-refractivity contribution is -0.134. The Hall–Kier alpha value is -1.37. The minimum atomic E-state index is -0.452. The molecule has 2 fully saturated rings. The molecule has 0 aromatic rings. The van der Waals surface area contributed by atoms with Gasteiger partial charge >= 0.3 is 0 Å². The Bertz CT molecular complexity index is 703. The maximum Gasteiger partial charge on any atom is 0.149 e. The summed E-state index contributed by atoms with van der Waals surface area (Å²) < 4.78 is 0. The van der Waals surface area contributed by atoms with Crippen LogP contribution in [0.1, 0.15) is 58.8 Å². The molecule has 5 atom stereocenters. The number of Topliss-reactive ketones (excluding diaryl/α,β-unsaturated/α-hetero) is 1. The average molecular weight is 390 g/mol. The zero-order valence-corrected chi connectivity index (χ0v) is 17.5. The third-order valence-corrected chi connectivity index (χ3v) is 8.18. The van der Waals surface area contributed by atoms with Crippen molar-refractivity contribution in [1.82, 2.24) is 11.0 Å². The normalized spacial score (nSPS) is 39.8. The highest BCUT2D eigenvalue weighted by molar-refractivity contribution is 5.92. The zero-order chi connectivity index (χ0) is 19.9. The first-order chi connectivity index (χ1) is 13.4. The minimum Gasteiger partial charge on any atom is -0.328 e. The molecule has 6 nitrogen and oxygen atoms in total. The number of carbonyl (C=O) groups is 1. The van der Waals surface area contributed by atoms with E-state index in [0.717, 1.165) is 29.8 Å². The average Bonchev–Trinajstić information content (AvgIpc) is 3.06. The van der Waals surface area contributed by atoms with Crippen LogP contribution in [0.2, 0.25) is 0 Å². The highest BCUT2D eigenvalue weighted by Crippen LogP contribution is 2.64. The lowest BCUT2D eigenvalue weighted by Crippen LogP contribution is -2.53. The SMILES string of the molecule is CONC1=C2C=C(NOCCN)CC(=O)[C@]2(C)C2CC[C@]3(C)CCCC3C2C1. The number of rotatable bonds is 6. The number of carbonyl (C=O) groups excluding carboxylic acids is 1. The molecule has 4 N–H and O–H groups in total. The summed E-state index contributed by atoms with van der Waals surface area (Å²) >= 11 is 0. The highest BCUT2D eigenvalue weighted by Gasteiger charge is 2.59. The van der Waals surface area contributed by atoms with Crippen LogP contribution in [0.4, 0.5) is 0 Å². The molecule has 0 aromatic heterocycles. The second-order valence-corrected chi connectivity index (χ2v) is 9.58. The second kappa shape index (κ2) is 7.47. The predicted molar refractivity (Wildman–Crippen MR) is 107 cm³/mol. The topological polar surface area (TPSA) is 85.6 Å². The first-order valence-electron chi connectivity index (χ1n) is 10.8. The Labute approximate surface area is 168 Å². The number of nitrogens with two attached hydrogens (primary N) is 1. The Morgan fingerprint density at radius 1 is 1.21 bits per heavy atom. The van der Waals surface area contributed by atoms with Gasteiger partial charge in [-0.15, -0.1) is 0 Å². The number of nitrogens with one attached hydrogen (secondary N) is 2. The van der Waals surface area contributed by atoms with Gasteiger partial charge < -0.3 is 5.73 Å². The van der Waals surface area contributed by atoms with E-state index in [1.165, 1.54) is 25.7 Å². The van der Waals surface area contributed by atoms with E-state index in [0.29, 0.717) is 42.7 Å². The Morgan fingerprint density at radius 3 is 2.79 bits per heavy atom. The number of hydrogen-bond acceptors (Lipinski definition) is 6. The Balaban J connectivity index is 1.72. The van der Waals surface area contributed by atoms with Crippen LogP contribution in [0.5, 0.6) is 0 Å². The van der Waals surface area contributed by atoms with Gasteiger partial charge in [-0.2, -0.15) is 0 Å². The lowest BCUT2D eigenvalue weighted by Gasteiger charge is -2.56. The van der Waals surface area contributed by atoms with Crippen molar-refractivity contribution >= 4 is 5.78 Å². The molecule has 0 bridgehead atoms. The van der Waals surface area contributed by atoms with Crippen molar-refractivity contribution in [2.24, 2.45) is 34.3 Å². The maximum absolute atomic E-state index is 13.5. The number of hydrogen-bond donors (Lipinski definition) is 3. The van der Waals surface area contributed by atoms with Crippen LogP contribution in [0, 0.1) is 28.6 Å². The number of fused-ring (bicyclic) bond motifs is 5. The van der Waals surface area contributed by atoms with Crippen LogP contribution in [0.3, 0.4) is 0 Å². The third kappa shape index (κ3) is 3.01. The van der Waals surface area contributed by atoms with Gasteiger partial charge in [-0.25, -0.2) is 0 Å². The molecule has 4 aliphatic rings. The molecule has 0 heterocycles. The molecular formula is C22H35N3O3. The molecular weight excluding hydrogens is 354 g/mol. The van der Waals surface area contributed by atoms with E-state index < -0.39 is 5.41 Å². The monoisotopic (exact) mass is 389 g/mol. The highest BCUT2D eigenvalue weighted by atomic mass is 16.6. The third-order valence-electron chi connectivity index (χ3n) is 8.18.